The lowest BCUT2D eigenvalue weighted by molar-refractivity contribution is 0.630. The number of hydrogen-bond donors (Lipinski definition) is 2. The number of imidazole rings is 1. The lowest BCUT2D eigenvalue weighted by Gasteiger charge is -2.00. The summed E-state index contributed by atoms with van der Waals surface area (Å²) < 4.78 is 0. The third-order valence-corrected chi connectivity index (χ3v) is 2.22. The molecule has 1 heterocycles. The molecule has 0 amide bonds. The molecule has 0 aromatic carbocycles. The van der Waals surface area contributed by atoms with Crippen LogP contribution in [0.3, 0.4) is 0 Å². The van der Waals surface area contributed by atoms with E-state index in [0.29, 0.717) is 0 Å². The number of aromatic nitrogens is 2. The Kier molecular flexibility index (Phi) is 2.42. The topological polar surface area (TPSA) is 40.7 Å². The molecule has 1 aromatic heterocycles. The summed E-state index contributed by atoms with van der Waals surface area (Å²) in [5, 5.41) is 3.43. The minimum atomic E-state index is 0.974. The molecule has 0 unspecified atom stereocenters. The molecule has 0 radical (unpaired) electrons. The smallest absolute Gasteiger partial charge is 0.107 e. The fourth-order valence-corrected chi connectivity index (χ4v) is 1.27. The van der Waals surface area contributed by atoms with E-state index in [9.17, 15) is 0 Å². The van der Waals surface area contributed by atoms with E-state index in [-0.39, 0.29) is 0 Å². The van der Waals surface area contributed by atoms with Crippen molar-refractivity contribution < 1.29 is 0 Å². The van der Waals surface area contributed by atoms with E-state index in [0.717, 1.165) is 24.7 Å². The zero-order valence-electron chi connectivity index (χ0n) is 7.21. The van der Waals surface area contributed by atoms with Crippen LogP contribution in [0.4, 0.5) is 0 Å². The van der Waals surface area contributed by atoms with Gasteiger partial charge in [-0.3, -0.25) is 0 Å². The SMILES string of the molecule is c1c[nH]c(CCNCC2CC2)n1. The second-order valence-corrected chi connectivity index (χ2v) is 3.43. The van der Waals surface area contributed by atoms with E-state index in [1.807, 2.05) is 6.20 Å². The van der Waals surface area contributed by atoms with Gasteiger partial charge < -0.3 is 10.3 Å². The van der Waals surface area contributed by atoms with Gasteiger partial charge in [0, 0.05) is 25.4 Å². The zero-order valence-corrected chi connectivity index (χ0v) is 7.21. The average Bonchev–Trinajstić information content (AvgIpc) is 2.76. The molecule has 66 valence electrons. The van der Waals surface area contributed by atoms with Gasteiger partial charge in [-0.05, 0) is 25.3 Å². The van der Waals surface area contributed by atoms with Gasteiger partial charge in [-0.1, -0.05) is 0 Å². The molecule has 1 aliphatic carbocycles. The molecule has 1 aromatic rings. The van der Waals surface area contributed by atoms with Crippen LogP contribution in [0.2, 0.25) is 0 Å². The molecule has 2 N–H and O–H groups in total. The average molecular weight is 165 g/mol. The molecule has 1 aliphatic rings. The van der Waals surface area contributed by atoms with E-state index in [1.54, 1.807) is 6.20 Å². The first kappa shape index (κ1) is 7.80. The van der Waals surface area contributed by atoms with E-state index >= 15 is 0 Å². The highest BCUT2D eigenvalue weighted by Gasteiger charge is 2.19. The van der Waals surface area contributed by atoms with Crippen LogP contribution in [0.5, 0.6) is 0 Å². The molecule has 0 bridgehead atoms. The second-order valence-electron chi connectivity index (χ2n) is 3.43. The Hall–Kier alpha value is -0.830. The predicted molar refractivity (Wildman–Crippen MR) is 47.9 cm³/mol. The van der Waals surface area contributed by atoms with Crippen molar-refractivity contribution in [3.63, 3.8) is 0 Å². The zero-order chi connectivity index (χ0) is 8.23. The molecular formula is C9H15N3. The van der Waals surface area contributed by atoms with Crippen molar-refractivity contribution in [2.45, 2.75) is 19.3 Å². The van der Waals surface area contributed by atoms with Gasteiger partial charge in [0.25, 0.3) is 0 Å². The molecule has 1 fully saturated rings. The van der Waals surface area contributed by atoms with E-state index in [1.165, 1.54) is 19.4 Å². The van der Waals surface area contributed by atoms with Crippen molar-refractivity contribution in [2.24, 2.45) is 5.92 Å². The fraction of sp³-hybridized carbons (Fsp3) is 0.667. The van der Waals surface area contributed by atoms with Crippen LogP contribution < -0.4 is 5.32 Å². The van der Waals surface area contributed by atoms with Crippen LogP contribution in [0, 0.1) is 5.92 Å². The largest absolute Gasteiger partial charge is 0.349 e. The number of nitrogens with one attached hydrogen (secondary N) is 2. The summed E-state index contributed by atoms with van der Waals surface area (Å²) in [6.07, 6.45) is 7.54. The normalized spacial score (nSPS) is 16.7. The molecular weight excluding hydrogens is 150 g/mol. The quantitative estimate of drug-likeness (QED) is 0.638. The summed E-state index contributed by atoms with van der Waals surface area (Å²) in [7, 11) is 0. The van der Waals surface area contributed by atoms with E-state index < -0.39 is 0 Å². The van der Waals surface area contributed by atoms with Gasteiger partial charge >= 0.3 is 0 Å². The third-order valence-electron chi connectivity index (χ3n) is 2.22. The van der Waals surface area contributed by atoms with Crippen molar-refractivity contribution in [1.82, 2.24) is 15.3 Å². The molecule has 3 heteroatoms. The van der Waals surface area contributed by atoms with Crippen LogP contribution in [0.25, 0.3) is 0 Å². The maximum Gasteiger partial charge on any atom is 0.107 e. The number of nitrogens with zero attached hydrogens (tertiary/aromatic N) is 1. The first-order chi connectivity index (χ1) is 5.95. The number of hydrogen-bond acceptors (Lipinski definition) is 2. The Morgan fingerprint density at radius 1 is 1.58 bits per heavy atom. The van der Waals surface area contributed by atoms with Crippen LogP contribution >= 0.6 is 0 Å². The lowest BCUT2D eigenvalue weighted by Crippen LogP contribution is -2.20. The Labute approximate surface area is 72.6 Å². The summed E-state index contributed by atoms with van der Waals surface area (Å²) in [5.41, 5.74) is 0. The Bertz CT molecular complexity index is 214. The van der Waals surface area contributed by atoms with Gasteiger partial charge in [-0.15, -0.1) is 0 Å². The Morgan fingerprint density at radius 2 is 2.50 bits per heavy atom. The minimum absolute atomic E-state index is 0.974. The Morgan fingerprint density at radius 3 is 3.17 bits per heavy atom. The molecule has 0 atom stereocenters. The summed E-state index contributed by atoms with van der Waals surface area (Å²) in [4.78, 5) is 7.24. The van der Waals surface area contributed by atoms with Crippen LogP contribution in [0.1, 0.15) is 18.7 Å². The van der Waals surface area contributed by atoms with Gasteiger partial charge in [0.2, 0.25) is 0 Å². The molecule has 3 nitrogen and oxygen atoms in total. The maximum atomic E-state index is 4.15. The van der Waals surface area contributed by atoms with Gasteiger partial charge in [-0.2, -0.15) is 0 Å². The van der Waals surface area contributed by atoms with Crippen molar-refractivity contribution >= 4 is 0 Å². The van der Waals surface area contributed by atoms with Gasteiger partial charge in [0.05, 0.1) is 0 Å². The predicted octanol–water partition coefficient (Wildman–Crippen LogP) is 0.952. The van der Waals surface area contributed by atoms with Gasteiger partial charge in [0.1, 0.15) is 5.82 Å². The maximum absolute atomic E-state index is 4.15. The molecule has 12 heavy (non-hydrogen) atoms. The minimum Gasteiger partial charge on any atom is -0.349 e. The summed E-state index contributed by atoms with van der Waals surface area (Å²) in [6.45, 7) is 2.24. The highest BCUT2D eigenvalue weighted by atomic mass is 14.9. The number of H-pyrrole nitrogens is 1. The molecule has 1 saturated carbocycles. The fourth-order valence-electron chi connectivity index (χ4n) is 1.27. The van der Waals surface area contributed by atoms with Crippen molar-refractivity contribution in [1.29, 1.82) is 0 Å². The third kappa shape index (κ3) is 2.34. The molecule has 0 aliphatic heterocycles. The molecule has 2 rings (SSSR count). The summed E-state index contributed by atoms with van der Waals surface area (Å²) >= 11 is 0. The first-order valence-electron chi connectivity index (χ1n) is 4.64. The van der Waals surface area contributed by atoms with Crippen LogP contribution in [-0.2, 0) is 6.42 Å². The van der Waals surface area contributed by atoms with Crippen molar-refractivity contribution in [3.05, 3.63) is 18.2 Å². The number of aromatic amines is 1. The van der Waals surface area contributed by atoms with E-state index in [4.69, 9.17) is 0 Å². The van der Waals surface area contributed by atoms with Gasteiger partial charge in [-0.25, -0.2) is 4.98 Å². The summed E-state index contributed by atoms with van der Waals surface area (Å²) in [5.74, 6) is 2.06. The van der Waals surface area contributed by atoms with Crippen molar-refractivity contribution in [3.8, 4) is 0 Å². The van der Waals surface area contributed by atoms with E-state index in [2.05, 4.69) is 15.3 Å². The monoisotopic (exact) mass is 165 g/mol. The molecule has 0 spiro atoms. The highest BCUT2D eigenvalue weighted by Crippen LogP contribution is 2.27. The standard InChI is InChI=1S/C9H15N3/c1-2-8(1)7-10-4-3-9-11-5-6-12-9/h5-6,8,10H,1-4,7H2,(H,11,12). The second kappa shape index (κ2) is 3.72. The molecule has 0 saturated heterocycles. The van der Waals surface area contributed by atoms with Crippen LogP contribution in [-0.4, -0.2) is 23.1 Å². The highest BCUT2D eigenvalue weighted by molar-refractivity contribution is 4.87. The van der Waals surface area contributed by atoms with Crippen LogP contribution in [0.15, 0.2) is 12.4 Å². The Balaban J connectivity index is 1.56. The summed E-state index contributed by atoms with van der Waals surface area (Å²) in [6, 6.07) is 0. The number of rotatable bonds is 5. The lowest BCUT2D eigenvalue weighted by atomic mass is 10.3. The van der Waals surface area contributed by atoms with Gasteiger partial charge in [0.15, 0.2) is 0 Å². The first-order valence-corrected chi connectivity index (χ1v) is 4.64. The van der Waals surface area contributed by atoms with Crippen molar-refractivity contribution in [2.75, 3.05) is 13.1 Å².